The standard InChI is InChI=1S/C8H9ClN2O2/c9-6-3-7(5-11-4-6)13-2-1-8(10)12/h3-5H,1-2H2,(H2,10,12). The SMILES string of the molecule is NC(=O)CCOc1cncc(Cl)c1. The molecule has 1 heterocycles. The van der Waals surface area contributed by atoms with Crippen LogP contribution in [0.15, 0.2) is 18.5 Å². The van der Waals surface area contributed by atoms with Crippen LogP contribution in [0, 0.1) is 0 Å². The van der Waals surface area contributed by atoms with Crippen LogP contribution >= 0.6 is 11.6 Å². The fourth-order valence-electron chi connectivity index (χ4n) is 0.741. The normalized spacial score (nSPS) is 9.62. The van der Waals surface area contributed by atoms with Crippen molar-refractivity contribution in [1.29, 1.82) is 0 Å². The van der Waals surface area contributed by atoms with Crippen LogP contribution in [-0.4, -0.2) is 17.5 Å². The van der Waals surface area contributed by atoms with Gasteiger partial charge in [-0.15, -0.1) is 0 Å². The summed E-state index contributed by atoms with van der Waals surface area (Å²) in [6, 6.07) is 1.62. The number of carbonyl (C=O) groups excluding carboxylic acids is 1. The Morgan fingerprint density at radius 1 is 1.62 bits per heavy atom. The van der Waals surface area contributed by atoms with E-state index in [1.807, 2.05) is 0 Å². The molecule has 1 amide bonds. The first-order chi connectivity index (χ1) is 6.18. The molecule has 0 aliphatic carbocycles. The molecule has 2 N–H and O–H groups in total. The Labute approximate surface area is 80.7 Å². The molecule has 0 unspecified atom stereocenters. The highest BCUT2D eigenvalue weighted by Crippen LogP contribution is 2.14. The van der Waals surface area contributed by atoms with E-state index >= 15 is 0 Å². The lowest BCUT2D eigenvalue weighted by Crippen LogP contribution is -2.14. The Kier molecular flexibility index (Phi) is 3.52. The Morgan fingerprint density at radius 2 is 2.38 bits per heavy atom. The van der Waals surface area contributed by atoms with Gasteiger partial charge in [-0.05, 0) is 0 Å². The molecule has 4 nitrogen and oxygen atoms in total. The van der Waals surface area contributed by atoms with Gasteiger partial charge in [-0.2, -0.15) is 0 Å². The molecule has 0 saturated heterocycles. The second kappa shape index (κ2) is 4.67. The largest absolute Gasteiger partial charge is 0.491 e. The predicted molar refractivity (Wildman–Crippen MR) is 48.6 cm³/mol. The molecule has 5 heteroatoms. The van der Waals surface area contributed by atoms with Crippen molar-refractivity contribution >= 4 is 17.5 Å². The number of hydrogen-bond donors (Lipinski definition) is 1. The number of nitrogens with zero attached hydrogens (tertiary/aromatic N) is 1. The number of amides is 1. The molecular formula is C8H9ClN2O2. The van der Waals surface area contributed by atoms with Crippen molar-refractivity contribution < 1.29 is 9.53 Å². The smallest absolute Gasteiger partial charge is 0.220 e. The summed E-state index contributed by atoms with van der Waals surface area (Å²) in [6.07, 6.45) is 3.21. The zero-order valence-electron chi connectivity index (χ0n) is 6.87. The van der Waals surface area contributed by atoms with Gasteiger partial charge in [-0.3, -0.25) is 9.78 Å². The Balaban J connectivity index is 2.41. The lowest BCUT2D eigenvalue weighted by molar-refractivity contribution is -0.118. The van der Waals surface area contributed by atoms with Gasteiger partial charge < -0.3 is 10.5 Å². The molecular weight excluding hydrogens is 192 g/mol. The van der Waals surface area contributed by atoms with Crippen LogP contribution in [0.3, 0.4) is 0 Å². The molecule has 1 aromatic heterocycles. The van der Waals surface area contributed by atoms with Crippen molar-refractivity contribution in [3.63, 3.8) is 0 Å². The third-order valence-electron chi connectivity index (χ3n) is 1.30. The van der Waals surface area contributed by atoms with Crippen molar-refractivity contribution in [2.75, 3.05) is 6.61 Å². The van der Waals surface area contributed by atoms with E-state index in [0.717, 1.165) is 0 Å². The minimum absolute atomic E-state index is 0.187. The van der Waals surface area contributed by atoms with Crippen LogP contribution in [0.2, 0.25) is 5.02 Å². The zero-order valence-corrected chi connectivity index (χ0v) is 7.62. The van der Waals surface area contributed by atoms with Crippen LogP contribution < -0.4 is 10.5 Å². The van der Waals surface area contributed by atoms with E-state index < -0.39 is 5.91 Å². The highest BCUT2D eigenvalue weighted by molar-refractivity contribution is 6.30. The van der Waals surface area contributed by atoms with E-state index in [0.29, 0.717) is 10.8 Å². The number of carbonyl (C=O) groups is 1. The van der Waals surface area contributed by atoms with Crippen molar-refractivity contribution in [2.24, 2.45) is 5.73 Å². The van der Waals surface area contributed by atoms with Gasteiger partial charge in [0.15, 0.2) is 0 Å². The van der Waals surface area contributed by atoms with Gasteiger partial charge in [0, 0.05) is 12.3 Å². The van der Waals surface area contributed by atoms with Crippen LogP contribution in [0.4, 0.5) is 0 Å². The number of rotatable bonds is 4. The van der Waals surface area contributed by atoms with Gasteiger partial charge in [0.2, 0.25) is 5.91 Å². The summed E-state index contributed by atoms with van der Waals surface area (Å²) in [4.78, 5) is 14.2. The summed E-state index contributed by atoms with van der Waals surface area (Å²) in [6.45, 7) is 0.247. The number of aromatic nitrogens is 1. The molecule has 0 atom stereocenters. The maximum Gasteiger partial charge on any atom is 0.220 e. The third-order valence-corrected chi connectivity index (χ3v) is 1.50. The van der Waals surface area contributed by atoms with Crippen molar-refractivity contribution in [1.82, 2.24) is 4.98 Å². The average molecular weight is 201 g/mol. The third kappa shape index (κ3) is 3.75. The minimum atomic E-state index is -0.394. The second-order valence-corrected chi connectivity index (χ2v) is 2.84. The molecule has 70 valence electrons. The maximum atomic E-state index is 10.4. The van der Waals surface area contributed by atoms with E-state index in [1.165, 1.54) is 12.4 Å². The van der Waals surface area contributed by atoms with Crippen molar-refractivity contribution in [3.05, 3.63) is 23.5 Å². The van der Waals surface area contributed by atoms with Crippen LogP contribution in [0.5, 0.6) is 5.75 Å². The summed E-state index contributed by atoms with van der Waals surface area (Å²) in [5.74, 6) is 0.142. The van der Waals surface area contributed by atoms with Crippen molar-refractivity contribution in [3.8, 4) is 5.75 Å². The first-order valence-corrected chi connectivity index (χ1v) is 4.08. The average Bonchev–Trinajstić information content (AvgIpc) is 2.03. The molecule has 1 aromatic rings. The number of ether oxygens (including phenoxy) is 1. The van der Waals surface area contributed by atoms with Gasteiger partial charge in [-0.25, -0.2) is 0 Å². The fraction of sp³-hybridized carbons (Fsp3) is 0.250. The van der Waals surface area contributed by atoms with Gasteiger partial charge in [-0.1, -0.05) is 11.6 Å². The number of halogens is 1. The molecule has 0 saturated carbocycles. The Bertz CT molecular complexity index is 304. The van der Waals surface area contributed by atoms with Gasteiger partial charge >= 0.3 is 0 Å². The van der Waals surface area contributed by atoms with E-state index in [-0.39, 0.29) is 13.0 Å². The summed E-state index contributed by atoms with van der Waals surface area (Å²) in [7, 11) is 0. The van der Waals surface area contributed by atoms with E-state index in [2.05, 4.69) is 4.98 Å². The van der Waals surface area contributed by atoms with Gasteiger partial charge in [0.05, 0.1) is 24.2 Å². The first-order valence-electron chi connectivity index (χ1n) is 3.70. The number of primary amides is 1. The van der Waals surface area contributed by atoms with E-state index in [9.17, 15) is 4.79 Å². The number of nitrogens with two attached hydrogens (primary N) is 1. The topological polar surface area (TPSA) is 65.2 Å². The lowest BCUT2D eigenvalue weighted by Gasteiger charge is -2.03. The second-order valence-electron chi connectivity index (χ2n) is 2.40. The van der Waals surface area contributed by atoms with Crippen molar-refractivity contribution in [2.45, 2.75) is 6.42 Å². The Hall–Kier alpha value is -1.29. The maximum absolute atomic E-state index is 10.4. The predicted octanol–water partition coefficient (Wildman–Crippen LogP) is 0.989. The summed E-state index contributed by atoms with van der Waals surface area (Å²) >= 11 is 5.65. The molecule has 0 fully saturated rings. The van der Waals surface area contributed by atoms with Crippen LogP contribution in [0.25, 0.3) is 0 Å². The summed E-state index contributed by atoms with van der Waals surface area (Å²) in [5.41, 5.74) is 4.93. The molecule has 0 aliphatic rings. The zero-order chi connectivity index (χ0) is 9.68. The molecule has 0 radical (unpaired) electrons. The summed E-state index contributed by atoms with van der Waals surface area (Å²) in [5, 5.41) is 0.497. The quantitative estimate of drug-likeness (QED) is 0.788. The number of hydrogen-bond acceptors (Lipinski definition) is 3. The molecule has 0 spiro atoms. The first kappa shape index (κ1) is 9.80. The van der Waals surface area contributed by atoms with Crippen LogP contribution in [-0.2, 0) is 4.79 Å². The minimum Gasteiger partial charge on any atom is -0.491 e. The molecule has 0 aliphatic heterocycles. The number of pyridine rings is 1. The summed E-state index contributed by atoms with van der Waals surface area (Å²) < 4.78 is 5.15. The highest BCUT2D eigenvalue weighted by atomic mass is 35.5. The molecule has 13 heavy (non-hydrogen) atoms. The van der Waals surface area contributed by atoms with Gasteiger partial charge in [0.1, 0.15) is 5.75 Å². The monoisotopic (exact) mass is 200 g/mol. The lowest BCUT2D eigenvalue weighted by atomic mass is 10.4. The van der Waals surface area contributed by atoms with Crippen LogP contribution in [0.1, 0.15) is 6.42 Å². The molecule has 0 bridgehead atoms. The molecule has 1 rings (SSSR count). The highest BCUT2D eigenvalue weighted by Gasteiger charge is 1.97. The van der Waals surface area contributed by atoms with Gasteiger partial charge in [0.25, 0.3) is 0 Å². The van der Waals surface area contributed by atoms with E-state index in [1.54, 1.807) is 6.07 Å². The van der Waals surface area contributed by atoms with E-state index in [4.69, 9.17) is 22.1 Å². The Morgan fingerprint density at radius 3 is 3.00 bits per heavy atom. The molecule has 0 aromatic carbocycles. The fourth-order valence-corrected chi connectivity index (χ4v) is 0.905.